The molecule has 0 aliphatic carbocycles. The summed E-state index contributed by atoms with van der Waals surface area (Å²) in [4.78, 5) is 0. The Balaban J connectivity index is 1.46. The predicted octanol–water partition coefficient (Wildman–Crippen LogP) is -0.594. The van der Waals surface area contributed by atoms with E-state index in [1.165, 1.54) is 0 Å². The Hall–Kier alpha value is 0.540. The van der Waals surface area contributed by atoms with Gasteiger partial charge in [-0.3, -0.25) is 21.3 Å². The standard InChI is InChI=1S/C8H18N4S2/c1-2-10-7(9-1)5-13-14-6-8-11-3-4-12-8/h7-12H,1-6H2. The van der Waals surface area contributed by atoms with Gasteiger partial charge in [-0.05, 0) is 0 Å². The van der Waals surface area contributed by atoms with Gasteiger partial charge in [0.05, 0.1) is 12.3 Å². The van der Waals surface area contributed by atoms with Crippen LogP contribution in [-0.2, 0) is 0 Å². The summed E-state index contributed by atoms with van der Waals surface area (Å²) in [5.74, 6) is 2.30. The highest BCUT2D eigenvalue weighted by molar-refractivity contribution is 8.76. The minimum absolute atomic E-state index is 0.525. The van der Waals surface area contributed by atoms with Gasteiger partial charge >= 0.3 is 0 Å². The maximum atomic E-state index is 3.41. The number of rotatable bonds is 5. The lowest BCUT2D eigenvalue weighted by Gasteiger charge is -2.12. The smallest absolute Gasteiger partial charge is 0.0674 e. The van der Waals surface area contributed by atoms with Crippen molar-refractivity contribution in [3.05, 3.63) is 0 Å². The SMILES string of the molecule is C1CNC(CSSCC2NCCN2)N1. The lowest BCUT2D eigenvalue weighted by atomic mass is 10.6. The lowest BCUT2D eigenvalue weighted by Crippen LogP contribution is -2.34. The van der Waals surface area contributed by atoms with E-state index in [1.54, 1.807) is 0 Å². The monoisotopic (exact) mass is 234 g/mol. The number of nitrogens with one attached hydrogen (secondary N) is 4. The molecular formula is C8H18N4S2. The Bertz CT molecular complexity index is 139. The van der Waals surface area contributed by atoms with Crippen LogP contribution < -0.4 is 21.3 Å². The van der Waals surface area contributed by atoms with Crippen molar-refractivity contribution in [3.63, 3.8) is 0 Å². The summed E-state index contributed by atoms with van der Waals surface area (Å²) in [5.41, 5.74) is 0. The molecule has 2 aliphatic heterocycles. The van der Waals surface area contributed by atoms with Crippen LogP contribution in [0.5, 0.6) is 0 Å². The molecule has 2 heterocycles. The van der Waals surface area contributed by atoms with E-state index in [9.17, 15) is 0 Å². The van der Waals surface area contributed by atoms with E-state index < -0.39 is 0 Å². The van der Waals surface area contributed by atoms with Crippen LogP contribution in [0, 0.1) is 0 Å². The van der Waals surface area contributed by atoms with E-state index in [1.807, 2.05) is 21.6 Å². The molecule has 0 atom stereocenters. The predicted molar refractivity (Wildman–Crippen MR) is 64.5 cm³/mol. The van der Waals surface area contributed by atoms with Crippen molar-refractivity contribution in [1.29, 1.82) is 0 Å². The van der Waals surface area contributed by atoms with E-state index in [2.05, 4.69) is 21.3 Å². The molecule has 82 valence electrons. The quantitative estimate of drug-likeness (QED) is 0.377. The van der Waals surface area contributed by atoms with Gasteiger partial charge < -0.3 is 0 Å². The third-order valence-corrected chi connectivity index (χ3v) is 4.79. The van der Waals surface area contributed by atoms with E-state index >= 15 is 0 Å². The Kier molecular flexibility index (Phi) is 4.88. The van der Waals surface area contributed by atoms with Gasteiger partial charge in [-0.1, -0.05) is 21.6 Å². The van der Waals surface area contributed by atoms with Gasteiger partial charge in [-0.15, -0.1) is 0 Å². The molecule has 0 aromatic carbocycles. The molecular weight excluding hydrogens is 216 g/mol. The minimum Gasteiger partial charge on any atom is -0.300 e. The minimum atomic E-state index is 0.525. The van der Waals surface area contributed by atoms with Gasteiger partial charge in [0.25, 0.3) is 0 Å². The highest BCUT2D eigenvalue weighted by atomic mass is 33.1. The fraction of sp³-hybridized carbons (Fsp3) is 1.00. The van der Waals surface area contributed by atoms with Crippen molar-refractivity contribution in [2.75, 3.05) is 37.7 Å². The van der Waals surface area contributed by atoms with Crippen LogP contribution in [0.2, 0.25) is 0 Å². The molecule has 0 saturated carbocycles. The normalized spacial score (nSPS) is 24.9. The van der Waals surface area contributed by atoms with Crippen LogP contribution in [0.1, 0.15) is 0 Å². The molecule has 0 amide bonds. The van der Waals surface area contributed by atoms with Crippen LogP contribution in [0.25, 0.3) is 0 Å². The van der Waals surface area contributed by atoms with Gasteiger partial charge in [0, 0.05) is 37.7 Å². The van der Waals surface area contributed by atoms with Crippen molar-refractivity contribution >= 4 is 21.6 Å². The molecule has 6 heteroatoms. The summed E-state index contributed by atoms with van der Waals surface area (Å²) in [7, 11) is 3.90. The zero-order chi connectivity index (χ0) is 9.64. The highest BCUT2D eigenvalue weighted by Crippen LogP contribution is 2.22. The lowest BCUT2D eigenvalue weighted by molar-refractivity contribution is 0.614. The number of hydrogen-bond donors (Lipinski definition) is 4. The first kappa shape index (κ1) is 11.0. The van der Waals surface area contributed by atoms with Crippen molar-refractivity contribution in [2.45, 2.75) is 12.3 Å². The van der Waals surface area contributed by atoms with Gasteiger partial charge in [-0.25, -0.2) is 0 Å². The Morgan fingerprint density at radius 3 is 1.43 bits per heavy atom. The third-order valence-electron chi connectivity index (χ3n) is 2.37. The largest absolute Gasteiger partial charge is 0.300 e. The maximum absolute atomic E-state index is 3.41. The molecule has 0 bridgehead atoms. The second-order valence-electron chi connectivity index (χ2n) is 3.49. The molecule has 0 radical (unpaired) electrons. The van der Waals surface area contributed by atoms with Gasteiger partial charge in [0.1, 0.15) is 0 Å². The van der Waals surface area contributed by atoms with Crippen molar-refractivity contribution in [3.8, 4) is 0 Å². The summed E-state index contributed by atoms with van der Waals surface area (Å²) in [6.45, 7) is 4.45. The third kappa shape index (κ3) is 3.60. The molecule has 4 nitrogen and oxygen atoms in total. The van der Waals surface area contributed by atoms with Gasteiger partial charge in [0.2, 0.25) is 0 Å². The van der Waals surface area contributed by atoms with E-state index in [-0.39, 0.29) is 0 Å². The number of hydrogen-bond acceptors (Lipinski definition) is 6. The molecule has 0 spiro atoms. The Morgan fingerprint density at radius 2 is 1.07 bits per heavy atom. The average Bonchev–Trinajstić information content (AvgIpc) is 2.86. The Labute approximate surface area is 93.1 Å². The fourth-order valence-corrected chi connectivity index (χ4v) is 3.93. The molecule has 0 aromatic rings. The van der Waals surface area contributed by atoms with E-state index in [4.69, 9.17) is 0 Å². The first-order valence-corrected chi connectivity index (χ1v) is 7.62. The summed E-state index contributed by atoms with van der Waals surface area (Å²) < 4.78 is 0. The molecule has 14 heavy (non-hydrogen) atoms. The summed E-state index contributed by atoms with van der Waals surface area (Å²) in [5, 5.41) is 13.6. The van der Waals surface area contributed by atoms with Crippen LogP contribution in [0.4, 0.5) is 0 Å². The summed E-state index contributed by atoms with van der Waals surface area (Å²) in [6, 6.07) is 0. The zero-order valence-corrected chi connectivity index (χ0v) is 9.85. The highest BCUT2D eigenvalue weighted by Gasteiger charge is 2.15. The van der Waals surface area contributed by atoms with E-state index in [0.717, 1.165) is 37.7 Å². The van der Waals surface area contributed by atoms with Crippen molar-refractivity contribution in [1.82, 2.24) is 21.3 Å². The van der Waals surface area contributed by atoms with E-state index in [0.29, 0.717) is 12.3 Å². The van der Waals surface area contributed by atoms with Crippen LogP contribution in [-0.4, -0.2) is 50.0 Å². The zero-order valence-electron chi connectivity index (χ0n) is 8.21. The molecule has 2 fully saturated rings. The first-order valence-electron chi connectivity index (χ1n) is 5.13. The van der Waals surface area contributed by atoms with Crippen LogP contribution in [0.15, 0.2) is 0 Å². The Morgan fingerprint density at radius 1 is 0.714 bits per heavy atom. The first-order chi connectivity index (χ1) is 6.95. The van der Waals surface area contributed by atoms with Crippen LogP contribution in [0.3, 0.4) is 0 Å². The second kappa shape index (κ2) is 6.19. The van der Waals surface area contributed by atoms with Gasteiger partial charge in [-0.2, -0.15) is 0 Å². The topological polar surface area (TPSA) is 48.1 Å². The molecule has 2 rings (SSSR count). The molecule has 0 unspecified atom stereocenters. The van der Waals surface area contributed by atoms with Crippen molar-refractivity contribution < 1.29 is 0 Å². The van der Waals surface area contributed by atoms with Crippen molar-refractivity contribution in [2.24, 2.45) is 0 Å². The van der Waals surface area contributed by atoms with Crippen LogP contribution >= 0.6 is 21.6 Å². The fourth-order valence-electron chi connectivity index (χ4n) is 1.60. The molecule has 4 N–H and O–H groups in total. The molecule has 2 saturated heterocycles. The maximum Gasteiger partial charge on any atom is 0.0674 e. The molecule has 2 aliphatic rings. The molecule has 0 aromatic heterocycles. The average molecular weight is 234 g/mol. The summed E-state index contributed by atoms with van der Waals surface area (Å²) >= 11 is 0. The summed E-state index contributed by atoms with van der Waals surface area (Å²) in [6.07, 6.45) is 1.05. The second-order valence-corrected chi connectivity index (χ2v) is 6.04. The van der Waals surface area contributed by atoms with Gasteiger partial charge in [0.15, 0.2) is 0 Å².